The normalized spacial score (nSPS) is 12.4. The maximum Gasteiger partial charge on any atom is 0.149 e. The van der Waals surface area contributed by atoms with E-state index in [1.165, 1.54) is 4.88 Å². The van der Waals surface area contributed by atoms with E-state index < -0.39 is 0 Å². The Morgan fingerprint density at radius 3 is 3.00 bits per heavy atom. The van der Waals surface area contributed by atoms with Crippen LogP contribution in [0.1, 0.15) is 36.2 Å². The zero-order chi connectivity index (χ0) is 12.1. The lowest BCUT2D eigenvalue weighted by molar-refractivity contribution is 0.682. The number of aromatic nitrogens is 2. The Labute approximate surface area is 106 Å². The smallest absolute Gasteiger partial charge is 0.149 e. The van der Waals surface area contributed by atoms with Crippen LogP contribution >= 0.6 is 11.3 Å². The fourth-order valence-electron chi connectivity index (χ4n) is 1.78. The van der Waals surface area contributed by atoms with Crippen LogP contribution in [0.5, 0.6) is 0 Å². The summed E-state index contributed by atoms with van der Waals surface area (Å²) < 4.78 is 0. The molecule has 2 heterocycles. The Morgan fingerprint density at radius 2 is 2.35 bits per heavy atom. The number of nitrogens with one attached hydrogen (secondary N) is 1. The fourth-order valence-corrected chi connectivity index (χ4v) is 2.59. The summed E-state index contributed by atoms with van der Waals surface area (Å²) in [5, 5.41) is 13.7. The van der Waals surface area contributed by atoms with Crippen molar-refractivity contribution < 1.29 is 0 Å². The highest BCUT2D eigenvalue weighted by molar-refractivity contribution is 7.10. The molecule has 0 saturated heterocycles. The van der Waals surface area contributed by atoms with Crippen molar-refractivity contribution in [2.75, 3.05) is 5.32 Å². The summed E-state index contributed by atoms with van der Waals surface area (Å²) in [5.74, 6) is 0.858. The van der Waals surface area contributed by atoms with Crippen LogP contribution in [0.4, 0.5) is 5.82 Å². The number of nitrogens with zero attached hydrogens (tertiary/aromatic N) is 2. The van der Waals surface area contributed by atoms with Crippen molar-refractivity contribution in [1.29, 1.82) is 0 Å². The van der Waals surface area contributed by atoms with Crippen LogP contribution < -0.4 is 5.32 Å². The van der Waals surface area contributed by atoms with Crippen molar-refractivity contribution >= 4 is 17.2 Å². The minimum Gasteiger partial charge on any atom is -0.361 e. The van der Waals surface area contributed by atoms with E-state index in [1.54, 1.807) is 17.5 Å². The van der Waals surface area contributed by atoms with Crippen molar-refractivity contribution in [3.05, 3.63) is 40.2 Å². The molecule has 0 radical (unpaired) electrons. The first-order valence-electron chi connectivity index (χ1n) is 5.89. The third-order valence-electron chi connectivity index (χ3n) is 2.58. The summed E-state index contributed by atoms with van der Waals surface area (Å²) in [7, 11) is 0. The maximum atomic E-state index is 4.12. The molecule has 0 fully saturated rings. The van der Waals surface area contributed by atoms with Crippen LogP contribution in [-0.2, 0) is 0 Å². The second kappa shape index (κ2) is 5.77. The molecule has 0 bridgehead atoms. The van der Waals surface area contributed by atoms with Gasteiger partial charge in [-0.15, -0.1) is 16.4 Å². The number of hydrogen-bond donors (Lipinski definition) is 1. The van der Waals surface area contributed by atoms with E-state index in [-0.39, 0.29) is 0 Å². The van der Waals surface area contributed by atoms with Crippen molar-refractivity contribution in [2.45, 2.75) is 32.7 Å². The van der Waals surface area contributed by atoms with Gasteiger partial charge in [0.05, 0.1) is 12.2 Å². The molecule has 0 aliphatic rings. The number of anilines is 1. The molecular weight excluding hydrogens is 230 g/mol. The number of rotatable bonds is 5. The standard InChI is InChI=1S/C13H17N3S/c1-3-5-11(12-6-4-7-17-12)15-13-8-10(2)9-14-16-13/h4,6-9,11H,3,5H2,1-2H3,(H,15,16). The monoisotopic (exact) mass is 247 g/mol. The maximum absolute atomic E-state index is 4.12. The molecule has 2 aromatic heterocycles. The molecule has 2 aromatic rings. The molecule has 3 nitrogen and oxygen atoms in total. The van der Waals surface area contributed by atoms with Crippen LogP contribution in [-0.4, -0.2) is 10.2 Å². The van der Waals surface area contributed by atoms with Gasteiger partial charge in [-0.05, 0) is 36.4 Å². The molecule has 0 aromatic carbocycles. The number of thiophene rings is 1. The Balaban J connectivity index is 2.13. The summed E-state index contributed by atoms with van der Waals surface area (Å²) in [4.78, 5) is 1.36. The molecule has 0 aliphatic heterocycles. The molecule has 0 spiro atoms. The fraction of sp³-hybridized carbons (Fsp3) is 0.385. The lowest BCUT2D eigenvalue weighted by Crippen LogP contribution is -2.10. The highest BCUT2D eigenvalue weighted by atomic mass is 32.1. The van der Waals surface area contributed by atoms with Crippen molar-refractivity contribution in [3.8, 4) is 0 Å². The highest BCUT2D eigenvalue weighted by Gasteiger charge is 2.12. The van der Waals surface area contributed by atoms with Gasteiger partial charge >= 0.3 is 0 Å². The average molecular weight is 247 g/mol. The van der Waals surface area contributed by atoms with Gasteiger partial charge in [-0.1, -0.05) is 19.4 Å². The van der Waals surface area contributed by atoms with Gasteiger partial charge in [0.1, 0.15) is 5.82 Å². The molecule has 0 aliphatic carbocycles. The van der Waals surface area contributed by atoms with E-state index in [1.807, 2.05) is 13.0 Å². The number of hydrogen-bond acceptors (Lipinski definition) is 4. The van der Waals surface area contributed by atoms with Crippen LogP contribution in [0, 0.1) is 6.92 Å². The average Bonchev–Trinajstić information content (AvgIpc) is 2.82. The molecule has 4 heteroatoms. The van der Waals surface area contributed by atoms with Gasteiger partial charge in [0.15, 0.2) is 0 Å². The third kappa shape index (κ3) is 3.27. The van der Waals surface area contributed by atoms with E-state index in [2.05, 4.69) is 40.0 Å². The first kappa shape index (κ1) is 12.0. The SMILES string of the molecule is CCCC(Nc1cc(C)cnn1)c1cccs1. The van der Waals surface area contributed by atoms with Gasteiger partial charge in [0, 0.05) is 4.88 Å². The molecule has 0 saturated carbocycles. The van der Waals surface area contributed by atoms with Gasteiger partial charge in [0.25, 0.3) is 0 Å². The van der Waals surface area contributed by atoms with Crippen LogP contribution in [0.15, 0.2) is 29.8 Å². The Hall–Kier alpha value is -1.42. The first-order valence-corrected chi connectivity index (χ1v) is 6.77. The quantitative estimate of drug-likeness (QED) is 0.873. The Kier molecular flexibility index (Phi) is 4.09. The predicted octanol–water partition coefficient (Wildman–Crippen LogP) is 3.80. The molecule has 1 atom stereocenters. The minimum atomic E-state index is 0.344. The summed E-state index contributed by atoms with van der Waals surface area (Å²) in [6.07, 6.45) is 4.02. The summed E-state index contributed by atoms with van der Waals surface area (Å²) in [6.45, 7) is 4.23. The minimum absolute atomic E-state index is 0.344. The van der Waals surface area contributed by atoms with Gasteiger partial charge in [0.2, 0.25) is 0 Å². The van der Waals surface area contributed by atoms with E-state index in [4.69, 9.17) is 0 Å². The second-order valence-corrected chi connectivity index (χ2v) is 5.10. The molecule has 90 valence electrons. The van der Waals surface area contributed by atoms with Gasteiger partial charge in [-0.2, -0.15) is 5.10 Å². The van der Waals surface area contributed by atoms with Crippen molar-refractivity contribution in [2.24, 2.45) is 0 Å². The zero-order valence-electron chi connectivity index (χ0n) is 10.2. The van der Waals surface area contributed by atoms with E-state index in [9.17, 15) is 0 Å². The highest BCUT2D eigenvalue weighted by Crippen LogP contribution is 2.26. The van der Waals surface area contributed by atoms with Crippen LogP contribution in [0.3, 0.4) is 0 Å². The Bertz CT molecular complexity index is 453. The molecule has 2 rings (SSSR count). The van der Waals surface area contributed by atoms with Crippen LogP contribution in [0.25, 0.3) is 0 Å². The molecule has 17 heavy (non-hydrogen) atoms. The van der Waals surface area contributed by atoms with E-state index >= 15 is 0 Å². The molecule has 1 N–H and O–H groups in total. The summed E-state index contributed by atoms with van der Waals surface area (Å²) in [5.41, 5.74) is 1.13. The number of aryl methyl sites for hydroxylation is 1. The van der Waals surface area contributed by atoms with Crippen molar-refractivity contribution in [1.82, 2.24) is 10.2 Å². The van der Waals surface area contributed by atoms with E-state index in [0.717, 1.165) is 24.2 Å². The predicted molar refractivity (Wildman–Crippen MR) is 72.4 cm³/mol. The zero-order valence-corrected chi connectivity index (χ0v) is 11.0. The lowest BCUT2D eigenvalue weighted by Gasteiger charge is -2.17. The second-order valence-electron chi connectivity index (χ2n) is 4.12. The summed E-state index contributed by atoms with van der Waals surface area (Å²) >= 11 is 1.78. The van der Waals surface area contributed by atoms with E-state index in [0.29, 0.717) is 6.04 Å². The Morgan fingerprint density at radius 1 is 1.47 bits per heavy atom. The molecule has 0 amide bonds. The molecule has 1 unspecified atom stereocenters. The van der Waals surface area contributed by atoms with Crippen LogP contribution in [0.2, 0.25) is 0 Å². The van der Waals surface area contributed by atoms with Gasteiger partial charge in [-0.25, -0.2) is 0 Å². The topological polar surface area (TPSA) is 37.8 Å². The summed E-state index contributed by atoms with van der Waals surface area (Å²) in [6, 6.07) is 6.63. The first-order chi connectivity index (χ1) is 8.29. The molecular formula is C13H17N3S. The third-order valence-corrected chi connectivity index (χ3v) is 3.56. The lowest BCUT2D eigenvalue weighted by atomic mass is 10.1. The van der Waals surface area contributed by atoms with Crippen molar-refractivity contribution in [3.63, 3.8) is 0 Å². The van der Waals surface area contributed by atoms with Gasteiger partial charge < -0.3 is 5.32 Å². The van der Waals surface area contributed by atoms with Gasteiger partial charge in [-0.3, -0.25) is 0 Å². The largest absolute Gasteiger partial charge is 0.361 e.